The quantitative estimate of drug-likeness (QED) is 0.498. The van der Waals surface area contributed by atoms with E-state index in [2.05, 4.69) is 15.6 Å². The zero-order valence-corrected chi connectivity index (χ0v) is 18.3. The number of para-hydroxylation sites is 1. The number of hydrogen-bond donors (Lipinski definition) is 3. The second kappa shape index (κ2) is 8.37. The summed E-state index contributed by atoms with van der Waals surface area (Å²) in [5, 5.41) is 6.55. The van der Waals surface area contributed by atoms with E-state index < -0.39 is 23.4 Å². The van der Waals surface area contributed by atoms with E-state index in [9.17, 15) is 14.4 Å². The lowest BCUT2D eigenvalue weighted by Gasteiger charge is -2.20. The smallest absolute Gasteiger partial charge is 0.325 e. The van der Waals surface area contributed by atoms with Crippen LogP contribution in [0, 0.1) is 0 Å². The molecular formula is C24H26N4O4. The van der Waals surface area contributed by atoms with E-state index in [1.807, 2.05) is 54.7 Å². The maximum atomic E-state index is 12.7. The largest absolute Gasteiger partial charge is 0.497 e. The van der Waals surface area contributed by atoms with Crippen molar-refractivity contribution in [2.24, 2.45) is 0 Å². The van der Waals surface area contributed by atoms with Gasteiger partial charge in [-0.1, -0.05) is 30.3 Å². The SMILES string of the molecule is COc1ccc(C(CNC(=O)CN2C(=O)NC(C)(C)C2=O)c2c[nH]c3ccccc23)cc1. The molecule has 1 atom stereocenters. The molecule has 0 spiro atoms. The number of urea groups is 1. The zero-order chi connectivity index (χ0) is 22.9. The van der Waals surface area contributed by atoms with Crippen LogP contribution in [0.15, 0.2) is 54.7 Å². The van der Waals surface area contributed by atoms with Crippen molar-refractivity contribution in [1.29, 1.82) is 0 Å². The van der Waals surface area contributed by atoms with Crippen LogP contribution in [0.3, 0.4) is 0 Å². The van der Waals surface area contributed by atoms with Gasteiger partial charge in [-0.05, 0) is 43.2 Å². The summed E-state index contributed by atoms with van der Waals surface area (Å²) in [6.07, 6.45) is 1.95. The van der Waals surface area contributed by atoms with Crippen molar-refractivity contribution in [1.82, 2.24) is 20.5 Å². The Balaban J connectivity index is 1.55. The van der Waals surface area contributed by atoms with Gasteiger partial charge in [-0.25, -0.2) is 4.79 Å². The summed E-state index contributed by atoms with van der Waals surface area (Å²) >= 11 is 0. The molecule has 3 N–H and O–H groups in total. The highest BCUT2D eigenvalue weighted by molar-refractivity contribution is 6.08. The fraction of sp³-hybridized carbons (Fsp3) is 0.292. The molecule has 1 aliphatic heterocycles. The molecule has 3 aromatic rings. The Kier molecular flexibility index (Phi) is 5.61. The van der Waals surface area contributed by atoms with Gasteiger partial charge in [-0.15, -0.1) is 0 Å². The van der Waals surface area contributed by atoms with Crippen molar-refractivity contribution < 1.29 is 19.1 Å². The minimum absolute atomic E-state index is 0.138. The maximum Gasteiger partial charge on any atom is 0.325 e. The third-order valence-corrected chi connectivity index (χ3v) is 5.76. The van der Waals surface area contributed by atoms with Gasteiger partial charge >= 0.3 is 6.03 Å². The first-order chi connectivity index (χ1) is 15.3. The Bertz CT molecular complexity index is 1170. The van der Waals surface area contributed by atoms with Gasteiger partial charge in [0.1, 0.15) is 17.8 Å². The van der Waals surface area contributed by atoms with Crippen LogP contribution >= 0.6 is 0 Å². The summed E-state index contributed by atoms with van der Waals surface area (Å²) in [5.74, 6) is -0.206. The summed E-state index contributed by atoms with van der Waals surface area (Å²) in [4.78, 5) is 41.4. The number of H-pyrrole nitrogens is 1. The minimum atomic E-state index is -1.01. The number of aromatic nitrogens is 1. The number of fused-ring (bicyclic) bond motifs is 1. The number of hydrogen-bond acceptors (Lipinski definition) is 4. The highest BCUT2D eigenvalue weighted by atomic mass is 16.5. The molecule has 1 aromatic heterocycles. The molecule has 1 unspecified atom stereocenters. The average Bonchev–Trinajstić information content (AvgIpc) is 3.28. The van der Waals surface area contributed by atoms with Crippen molar-refractivity contribution in [3.8, 4) is 5.75 Å². The van der Waals surface area contributed by atoms with E-state index >= 15 is 0 Å². The van der Waals surface area contributed by atoms with Crippen LogP contribution < -0.4 is 15.4 Å². The average molecular weight is 434 g/mol. The summed E-state index contributed by atoms with van der Waals surface area (Å²) in [6, 6.07) is 15.1. The molecule has 2 aromatic carbocycles. The number of nitrogens with zero attached hydrogens (tertiary/aromatic N) is 1. The van der Waals surface area contributed by atoms with E-state index in [1.54, 1.807) is 21.0 Å². The molecule has 166 valence electrons. The molecule has 2 heterocycles. The molecule has 0 aliphatic carbocycles. The number of aromatic amines is 1. The van der Waals surface area contributed by atoms with E-state index in [1.165, 1.54) is 0 Å². The van der Waals surface area contributed by atoms with Gasteiger partial charge in [0.05, 0.1) is 7.11 Å². The Morgan fingerprint density at radius 2 is 1.84 bits per heavy atom. The Morgan fingerprint density at radius 1 is 1.12 bits per heavy atom. The van der Waals surface area contributed by atoms with Crippen LogP contribution in [0.1, 0.15) is 30.9 Å². The predicted octanol–water partition coefficient (Wildman–Crippen LogP) is 2.76. The third-order valence-electron chi connectivity index (χ3n) is 5.76. The lowest BCUT2D eigenvalue weighted by atomic mass is 9.90. The molecule has 0 saturated carbocycles. The lowest BCUT2D eigenvalue weighted by molar-refractivity contribution is -0.134. The first kappa shape index (κ1) is 21.4. The number of nitrogens with one attached hydrogen (secondary N) is 3. The van der Waals surface area contributed by atoms with Gasteiger partial charge in [0.2, 0.25) is 5.91 Å². The van der Waals surface area contributed by atoms with Crippen molar-refractivity contribution >= 4 is 28.7 Å². The first-order valence-corrected chi connectivity index (χ1v) is 10.4. The van der Waals surface area contributed by atoms with Gasteiger partial charge in [-0.2, -0.15) is 0 Å². The monoisotopic (exact) mass is 434 g/mol. The number of ether oxygens (including phenoxy) is 1. The summed E-state index contributed by atoms with van der Waals surface area (Å²) in [7, 11) is 1.61. The predicted molar refractivity (Wildman–Crippen MR) is 120 cm³/mol. The van der Waals surface area contributed by atoms with Crippen LogP contribution in [0.4, 0.5) is 4.79 Å². The molecule has 1 saturated heterocycles. The molecule has 4 rings (SSSR count). The van der Waals surface area contributed by atoms with Crippen molar-refractivity contribution in [2.75, 3.05) is 20.2 Å². The molecule has 0 radical (unpaired) electrons. The van der Waals surface area contributed by atoms with Crippen molar-refractivity contribution in [2.45, 2.75) is 25.3 Å². The molecule has 0 bridgehead atoms. The van der Waals surface area contributed by atoms with E-state index in [0.717, 1.165) is 32.7 Å². The molecule has 32 heavy (non-hydrogen) atoms. The van der Waals surface area contributed by atoms with Gasteiger partial charge < -0.3 is 20.4 Å². The number of carbonyl (C=O) groups excluding carboxylic acids is 3. The van der Waals surface area contributed by atoms with Crippen LogP contribution in [-0.4, -0.2) is 53.5 Å². The number of rotatable bonds is 7. The van der Waals surface area contributed by atoms with Crippen LogP contribution in [0.25, 0.3) is 10.9 Å². The standard InChI is InChI=1S/C24H26N4O4/c1-24(2)22(30)28(23(31)27-24)14-21(29)26-12-18(15-8-10-16(32-3)11-9-15)19-13-25-20-7-5-4-6-17(19)20/h4-11,13,18,25H,12,14H2,1-3H3,(H,26,29)(H,27,31). The first-order valence-electron chi connectivity index (χ1n) is 10.4. The van der Waals surface area contributed by atoms with E-state index in [4.69, 9.17) is 4.74 Å². The second-order valence-corrected chi connectivity index (χ2v) is 8.37. The normalized spacial score (nSPS) is 16.2. The van der Waals surface area contributed by atoms with Crippen molar-refractivity contribution in [3.05, 3.63) is 65.9 Å². The number of amides is 4. The van der Waals surface area contributed by atoms with Gasteiger partial charge in [0, 0.05) is 29.6 Å². The number of imide groups is 1. The highest BCUT2D eigenvalue weighted by Gasteiger charge is 2.44. The maximum absolute atomic E-state index is 12.7. The Morgan fingerprint density at radius 3 is 2.50 bits per heavy atom. The van der Waals surface area contributed by atoms with Crippen molar-refractivity contribution in [3.63, 3.8) is 0 Å². The second-order valence-electron chi connectivity index (χ2n) is 8.37. The summed E-state index contributed by atoms with van der Waals surface area (Å²) in [5.41, 5.74) is 2.05. The summed E-state index contributed by atoms with van der Waals surface area (Å²) < 4.78 is 5.27. The summed E-state index contributed by atoms with van der Waals surface area (Å²) in [6.45, 7) is 3.21. The third kappa shape index (κ3) is 4.03. The van der Waals surface area contributed by atoms with Crippen LogP contribution in [0.5, 0.6) is 5.75 Å². The number of carbonyl (C=O) groups is 3. The number of methoxy groups -OCH3 is 1. The lowest BCUT2D eigenvalue weighted by Crippen LogP contribution is -2.43. The fourth-order valence-corrected chi connectivity index (χ4v) is 4.00. The Hall–Kier alpha value is -3.81. The molecular weight excluding hydrogens is 408 g/mol. The van der Waals surface area contributed by atoms with Gasteiger partial charge in [0.25, 0.3) is 5.91 Å². The molecule has 1 fully saturated rings. The van der Waals surface area contributed by atoms with Crippen LogP contribution in [-0.2, 0) is 9.59 Å². The zero-order valence-electron chi connectivity index (χ0n) is 18.3. The highest BCUT2D eigenvalue weighted by Crippen LogP contribution is 2.31. The van der Waals surface area contributed by atoms with Gasteiger partial charge in [0.15, 0.2) is 0 Å². The minimum Gasteiger partial charge on any atom is -0.497 e. The number of benzene rings is 2. The molecule has 8 heteroatoms. The van der Waals surface area contributed by atoms with E-state index in [-0.39, 0.29) is 12.5 Å². The van der Waals surface area contributed by atoms with Crippen LogP contribution in [0.2, 0.25) is 0 Å². The fourth-order valence-electron chi connectivity index (χ4n) is 4.00. The van der Waals surface area contributed by atoms with Gasteiger partial charge in [-0.3, -0.25) is 14.5 Å². The Labute approximate surface area is 185 Å². The molecule has 4 amide bonds. The topological polar surface area (TPSA) is 104 Å². The molecule has 1 aliphatic rings. The molecule has 8 nitrogen and oxygen atoms in total. The van der Waals surface area contributed by atoms with E-state index in [0.29, 0.717) is 6.54 Å².